The summed E-state index contributed by atoms with van der Waals surface area (Å²) in [5, 5.41) is 11.0. The third-order valence-corrected chi connectivity index (χ3v) is 3.83. The van der Waals surface area contributed by atoms with E-state index in [2.05, 4.69) is 20.3 Å². The van der Waals surface area contributed by atoms with Gasteiger partial charge in [-0.1, -0.05) is 0 Å². The molecule has 3 heterocycles. The van der Waals surface area contributed by atoms with Crippen LogP contribution >= 0.6 is 0 Å². The van der Waals surface area contributed by atoms with Crippen molar-refractivity contribution in [2.24, 2.45) is 0 Å². The third kappa shape index (κ3) is 2.41. The molecule has 0 spiro atoms. The molecule has 0 aromatic carbocycles. The quantitative estimate of drug-likeness (QED) is 0.866. The SMILES string of the molecule is CN1C(=N)N[C@](C)(c2cc(-c3cncnc3)ccn2)CC1=O. The Morgan fingerprint density at radius 3 is 2.73 bits per heavy atom. The van der Waals surface area contributed by atoms with Crippen LogP contribution in [0.5, 0.6) is 0 Å². The molecule has 0 bridgehead atoms. The molecule has 7 heteroatoms. The Kier molecular flexibility index (Phi) is 3.32. The summed E-state index contributed by atoms with van der Waals surface area (Å²) in [5.74, 6) is -0.0319. The molecule has 2 aromatic rings. The van der Waals surface area contributed by atoms with Crippen LogP contribution in [0.15, 0.2) is 37.1 Å². The van der Waals surface area contributed by atoms with Gasteiger partial charge in [0.05, 0.1) is 17.7 Å². The lowest BCUT2D eigenvalue weighted by Gasteiger charge is -2.38. The highest BCUT2D eigenvalue weighted by Crippen LogP contribution is 2.29. The molecular weight excluding hydrogens is 280 g/mol. The van der Waals surface area contributed by atoms with Crippen molar-refractivity contribution in [3.05, 3.63) is 42.7 Å². The number of hydrogen-bond donors (Lipinski definition) is 2. The number of hydrogen-bond acceptors (Lipinski definition) is 5. The van der Waals surface area contributed by atoms with Crippen molar-refractivity contribution in [2.45, 2.75) is 18.9 Å². The van der Waals surface area contributed by atoms with E-state index in [0.717, 1.165) is 11.1 Å². The molecule has 0 unspecified atom stereocenters. The fourth-order valence-electron chi connectivity index (χ4n) is 2.45. The molecule has 0 aliphatic carbocycles. The zero-order valence-corrected chi connectivity index (χ0v) is 12.4. The summed E-state index contributed by atoms with van der Waals surface area (Å²) in [5.41, 5.74) is 1.81. The van der Waals surface area contributed by atoms with Gasteiger partial charge < -0.3 is 5.32 Å². The van der Waals surface area contributed by atoms with Crippen LogP contribution in [0.4, 0.5) is 0 Å². The maximum Gasteiger partial charge on any atom is 0.231 e. The van der Waals surface area contributed by atoms with E-state index in [9.17, 15) is 4.79 Å². The Balaban J connectivity index is 1.99. The molecule has 22 heavy (non-hydrogen) atoms. The highest BCUT2D eigenvalue weighted by atomic mass is 16.2. The van der Waals surface area contributed by atoms with E-state index >= 15 is 0 Å². The van der Waals surface area contributed by atoms with Gasteiger partial charge in [0, 0.05) is 31.2 Å². The molecule has 7 nitrogen and oxygen atoms in total. The molecule has 1 atom stereocenters. The summed E-state index contributed by atoms with van der Waals surface area (Å²) >= 11 is 0. The topological polar surface area (TPSA) is 94.9 Å². The van der Waals surface area contributed by atoms with Crippen LogP contribution in [0, 0.1) is 5.41 Å². The van der Waals surface area contributed by atoms with Gasteiger partial charge in [0.25, 0.3) is 0 Å². The summed E-state index contributed by atoms with van der Waals surface area (Å²) < 4.78 is 0. The van der Waals surface area contributed by atoms with Crippen LogP contribution in [-0.2, 0) is 10.3 Å². The first kappa shape index (κ1) is 14.1. The van der Waals surface area contributed by atoms with Crippen molar-refractivity contribution in [3.8, 4) is 11.1 Å². The average molecular weight is 296 g/mol. The zero-order chi connectivity index (χ0) is 15.7. The minimum absolute atomic E-state index is 0.0778. The van der Waals surface area contributed by atoms with Gasteiger partial charge in [-0.3, -0.25) is 20.1 Å². The molecule has 0 radical (unpaired) electrons. The van der Waals surface area contributed by atoms with E-state index in [1.165, 1.54) is 11.2 Å². The van der Waals surface area contributed by atoms with E-state index < -0.39 is 5.54 Å². The maximum absolute atomic E-state index is 12.0. The van der Waals surface area contributed by atoms with Crippen LogP contribution < -0.4 is 5.32 Å². The second-order valence-electron chi connectivity index (χ2n) is 5.49. The largest absolute Gasteiger partial charge is 0.345 e. The number of carbonyl (C=O) groups excluding carboxylic acids is 1. The monoisotopic (exact) mass is 296 g/mol. The van der Waals surface area contributed by atoms with Crippen LogP contribution in [0.3, 0.4) is 0 Å². The number of aromatic nitrogens is 3. The minimum atomic E-state index is -0.702. The molecule has 1 saturated heterocycles. The molecule has 1 amide bonds. The molecular formula is C15H16N6O. The van der Waals surface area contributed by atoms with E-state index in [1.807, 2.05) is 19.1 Å². The number of nitrogens with one attached hydrogen (secondary N) is 2. The summed E-state index contributed by atoms with van der Waals surface area (Å²) in [6.45, 7) is 1.88. The van der Waals surface area contributed by atoms with Gasteiger partial charge in [0.15, 0.2) is 5.96 Å². The normalized spacial score (nSPS) is 21.6. The molecule has 2 aromatic heterocycles. The Labute approximate surface area is 127 Å². The number of carbonyl (C=O) groups is 1. The molecule has 2 N–H and O–H groups in total. The van der Waals surface area contributed by atoms with Gasteiger partial charge >= 0.3 is 0 Å². The first-order valence-electron chi connectivity index (χ1n) is 6.85. The molecule has 1 fully saturated rings. The second kappa shape index (κ2) is 5.18. The van der Waals surface area contributed by atoms with Gasteiger partial charge in [0.2, 0.25) is 5.91 Å². The standard InChI is InChI=1S/C15H16N6O/c1-15(6-13(22)21(2)14(16)20-15)12-5-10(3-4-19-12)11-7-17-9-18-8-11/h3-5,7-9H,6H2,1-2H3,(H2,16,20)/t15-/m0/s1. The molecule has 1 aliphatic rings. The van der Waals surface area contributed by atoms with Gasteiger partial charge in [-0.05, 0) is 24.6 Å². The molecule has 0 saturated carbocycles. The van der Waals surface area contributed by atoms with Gasteiger partial charge in [-0.2, -0.15) is 0 Å². The summed E-state index contributed by atoms with van der Waals surface area (Å²) in [6.07, 6.45) is 6.86. The number of rotatable bonds is 2. The molecule has 3 rings (SSSR count). The average Bonchev–Trinajstić information content (AvgIpc) is 2.53. The highest BCUT2D eigenvalue weighted by molar-refractivity contribution is 5.98. The van der Waals surface area contributed by atoms with Crippen molar-refractivity contribution in [3.63, 3.8) is 0 Å². The summed E-state index contributed by atoms with van der Waals surface area (Å²) in [4.78, 5) is 25.8. The third-order valence-electron chi connectivity index (χ3n) is 3.83. The Hall–Kier alpha value is -2.83. The second-order valence-corrected chi connectivity index (χ2v) is 5.49. The summed E-state index contributed by atoms with van der Waals surface area (Å²) in [6, 6.07) is 3.77. The molecule has 1 aliphatic heterocycles. The predicted molar refractivity (Wildman–Crippen MR) is 80.9 cm³/mol. The minimum Gasteiger partial charge on any atom is -0.345 e. The van der Waals surface area contributed by atoms with Crippen LogP contribution in [-0.4, -0.2) is 38.8 Å². The number of nitrogens with zero attached hydrogens (tertiary/aromatic N) is 4. The maximum atomic E-state index is 12.0. The van der Waals surface area contributed by atoms with Crippen LogP contribution in [0.1, 0.15) is 19.0 Å². The van der Waals surface area contributed by atoms with Gasteiger partial charge in [-0.15, -0.1) is 0 Å². The Bertz CT molecular complexity index is 712. The lowest BCUT2D eigenvalue weighted by atomic mass is 9.89. The van der Waals surface area contributed by atoms with Crippen molar-refractivity contribution < 1.29 is 4.79 Å². The van der Waals surface area contributed by atoms with Crippen molar-refractivity contribution in [1.82, 2.24) is 25.2 Å². The van der Waals surface area contributed by atoms with Crippen molar-refractivity contribution >= 4 is 11.9 Å². The first-order valence-corrected chi connectivity index (χ1v) is 6.85. The lowest BCUT2D eigenvalue weighted by molar-refractivity contribution is -0.129. The van der Waals surface area contributed by atoms with E-state index in [1.54, 1.807) is 25.6 Å². The van der Waals surface area contributed by atoms with Gasteiger partial charge in [0.1, 0.15) is 6.33 Å². The van der Waals surface area contributed by atoms with E-state index in [-0.39, 0.29) is 18.3 Å². The van der Waals surface area contributed by atoms with Crippen LogP contribution in [0.2, 0.25) is 0 Å². The Morgan fingerprint density at radius 1 is 1.32 bits per heavy atom. The summed E-state index contributed by atoms with van der Waals surface area (Å²) in [7, 11) is 1.59. The number of pyridine rings is 1. The van der Waals surface area contributed by atoms with E-state index in [4.69, 9.17) is 5.41 Å². The van der Waals surface area contributed by atoms with Gasteiger partial charge in [-0.25, -0.2) is 9.97 Å². The predicted octanol–water partition coefficient (Wildman–Crippen LogP) is 1.14. The van der Waals surface area contributed by atoms with Crippen LogP contribution in [0.25, 0.3) is 11.1 Å². The smallest absolute Gasteiger partial charge is 0.231 e. The van der Waals surface area contributed by atoms with Crippen molar-refractivity contribution in [1.29, 1.82) is 5.41 Å². The number of guanidine groups is 1. The van der Waals surface area contributed by atoms with Crippen molar-refractivity contribution in [2.75, 3.05) is 7.05 Å². The highest BCUT2D eigenvalue weighted by Gasteiger charge is 2.39. The number of amides is 1. The lowest BCUT2D eigenvalue weighted by Crippen LogP contribution is -2.58. The fraction of sp³-hybridized carbons (Fsp3) is 0.267. The first-order chi connectivity index (χ1) is 10.5. The Morgan fingerprint density at radius 2 is 2.05 bits per heavy atom. The zero-order valence-electron chi connectivity index (χ0n) is 12.4. The fourth-order valence-corrected chi connectivity index (χ4v) is 2.45. The van der Waals surface area contributed by atoms with E-state index in [0.29, 0.717) is 5.69 Å². The molecule has 112 valence electrons.